The molecule has 0 aromatic heterocycles. The molecule has 20 heavy (non-hydrogen) atoms. The van der Waals surface area contributed by atoms with Crippen LogP contribution in [-0.4, -0.2) is 30.4 Å². The maximum atomic E-state index is 10.0. The van der Waals surface area contributed by atoms with Gasteiger partial charge in [0.1, 0.15) is 5.75 Å². The Hall–Kier alpha value is -1.06. The van der Waals surface area contributed by atoms with Crippen LogP contribution in [0.15, 0.2) is 24.3 Å². The molecule has 0 aliphatic heterocycles. The van der Waals surface area contributed by atoms with Gasteiger partial charge in [0.05, 0.1) is 13.2 Å². The van der Waals surface area contributed by atoms with Gasteiger partial charge in [-0.2, -0.15) is 0 Å². The number of ether oxygens (including phenoxy) is 1. The zero-order chi connectivity index (χ0) is 13.9. The number of rotatable bonds is 4. The van der Waals surface area contributed by atoms with Crippen LogP contribution in [0, 0.1) is 0 Å². The van der Waals surface area contributed by atoms with Gasteiger partial charge in [-0.05, 0) is 43.2 Å². The summed E-state index contributed by atoms with van der Waals surface area (Å²) in [5.41, 5.74) is 1.33. The van der Waals surface area contributed by atoms with E-state index in [1.165, 1.54) is 18.4 Å². The lowest BCUT2D eigenvalue weighted by atomic mass is 9.74. The maximum Gasteiger partial charge on any atom is 0.122 e. The molecule has 0 bridgehead atoms. The van der Waals surface area contributed by atoms with Gasteiger partial charge in [0, 0.05) is 12.1 Å². The second kappa shape index (κ2) is 6.15. The van der Waals surface area contributed by atoms with E-state index in [1.54, 1.807) is 7.11 Å². The summed E-state index contributed by atoms with van der Waals surface area (Å²) in [6, 6.07) is 9.20. The number of aliphatic hydroxyl groups excluding tert-OH is 1. The van der Waals surface area contributed by atoms with E-state index in [0.717, 1.165) is 31.4 Å². The second-order valence-electron chi connectivity index (χ2n) is 6.23. The van der Waals surface area contributed by atoms with Crippen molar-refractivity contribution in [1.82, 2.24) is 5.32 Å². The predicted octanol–water partition coefficient (Wildman–Crippen LogP) is 2.83. The lowest BCUT2D eigenvalue weighted by Crippen LogP contribution is -2.51. The Morgan fingerprint density at radius 3 is 2.65 bits per heavy atom. The highest BCUT2D eigenvalue weighted by Gasteiger charge is 2.35. The average Bonchev–Trinajstić information content (AvgIpc) is 2.44. The minimum Gasteiger partial charge on any atom is -0.496 e. The number of hydrogen-bond acceptors (Lipinski definition) is 3. The van der Waals surface area contributed by atoms with Crippen LogP contribution in [-0.2, 0) is 0 Å². The molecule has 0 radical (unpaired) electrons. The molecule has 0 saturated heterocycles. The smallest absolute Gasteiger partial charge is 0.122 e. The zero-order valence-corrected chi connectivity index (χ0v) is 12.2. The summed E-state index contributed by atoms with van der Waals surface area (Å²) in [6.45, 7) is 0. The Balaban J connectivity index is 1.53. The molecular weight excluding hydrogens is 250 g/mol. The number of para-hydroxylation sites is 1. The molecular formula is C17H25NO2. The van der Waals surface area contributed by atoms with E-state index in [1.807, 2.05) is 12.1 Å². The number of hydrogen-bond donors (Lipinski definition) is 2. The number of nitrogens with one attached hydrogen (secondary N) is 1. The highest BCUT2D eigenvalue weighted by Crippen LogP contribution is 2.41. The number of benzene rings is 1. The van der Waals surface area contributed by atoms with Crippen LogP contribution >= 0.6 is 0 Å². The molecule has 2 aliphatic rings. The van der Waals surface area contributed by atoms with E-state index in [2.05, 4.69) is 17.4 Å². The lowest BCUT2D eigenvalue weighted by molar-refractivity contribution is 0.0749. The fourth-order valence-corrected chi connectivity index (χ4v) is 3.62. The van der Waals surface area contributed by atoms with E-state index in [9.17, 15) is 5.11 Å². The van der Waals surface area contributed by atoms with Gasteiger partial charge in [-0.3, -0.25) is 0 Å². The standard InChI is InChI=1S/C17H25NO2/c1-20-17-9-5-2-6-14(17)12-10-13(11-12)18-15-7-3-4-8-16(15)19/h2,5-6,9,12-13,15-16,18-19H,3-4,7-8,10-11H2,1H3. The molecule has 3 heteroatoms. The summed E-state index contributed by atoms with van der Waals surface area (Å²) in [5.74, 6) is 1.61. The van der Waals surface area contributed by atoms with E-state index >= 15 is 0 Å². The van der Waals surface area contributed by atoms with Crippen molar-refractivity contribution in [3.05, 3.63) is 29.8 Å². The first-order valence-corrected chi connectivity index (χ1v) is 7.85. The van der Waals surface area contributed by atoms with Gasteiger partial charge >= 0.3 is 0 Å². The summed E-state index contributed by atoms with van der Waals surface area (Å²) >= 11 is 0. The monoisotopic (exact) mass is 275 g/mol. The Labute approximate surface area is 121 Å². The largest absolute Gasteiger partial charge is 0.496 e. The molecule has 2 unspecified atom stereocenters. The molecule has 1 aromatic rings. The van der Waals surface area contributed by atoms with Gasteiger partial charge in [-0.15, -0.1) is 0 Å². The molecule has 1 aromatic carbocycles. The average molecular weight is 275 g/mol. The molecule has 110 valence electrons. The van der Waals surface area contributed by atoms with Crippen LogP contribution in [0.5, 0.6) is 5.75 Å². The summed E-state index contributed by atoms with van der Waals surface area (Å²) in [7, 11) is 1.74. The van der Waals surface area contributed by atoms with Gasteiger partial charge in [-0.1, -0.05) is 31.0 Å². The Bertz CT molecular complexity index is 442. The molecule has 2 fully saturated rings. The first-order valence-electron chi connectivity index (χ1n) is 7.85. The summed E-state index contributed by atoms with van der Waals surface area (Å²) < 4.78 is 5.44. The fraction of sp³-hybridized carbons (Fsp3) is 0.647. The molecule has 2 N–H and O–H groups in total. The van der Waals surface area contributed by atoms with Crippen molar-refractivity contribution in [3.63, 3.8) is 0 Å². The van der Waals surface area contributed by atoms with E-state index < -0.39 is 0 Å². The highest BCUT2D eigenvalue weighted by molar-refractivity contribution is 5.37. The summed E-state index contributed by atoms with van der Waals surface area (Å²) in [4.78, 5) is 0. The van der Waals surface area contributed by atoms with Crippen molar-refractivity contribution >= 4 is 0 Å². The molecule has 3 nitrogen and oxygen atoms in total. The molecule has 2 saturated carbocycles. The fourth-order valence-electron chi connectivity index (χ4n) is 3.62. The van der Waals surface area contributed by atoms with Crippen LogP contribution in [0.1, 0.15) is 50.0 Å². The third-order valence-corrected chi connectivity index (χ3v) is 4.90. The normalized spacial score (nSPS) is 33.5. The Kier molecular flexibility index (Phi) is 4.27. The number of methoxy groups -OCH3 is 1. The van der Waals surface area contributed by atoms with Crippen molar-refractivity contribution in [2.24, 2.45) is 0 Å². The number of aliphatic hydroxyl groups is 1. The van der Waals surface area contributed by atoms with E-state index in [0.29, 0.717) is 18.0 Å². The zero-order valence-electron chi connectivity index (χ0n) is 12.2. The summed E-state index contributed by atoms with van der Waals surface area (Å²) in [5, 5.41) is 13.7. The van der Waals surface area contributed by atoms with Gasteiger partial charge in [0.15, 0.2) is 0 Å². The van der Waals surface area contributed by atoms with Crippen LogP contribution in [0.25, 0.3) is 0 Å². The van der Waals surface area contributed by atoms with E-state index in [-0.39, 0.29) is 6.10 Å². The van der Waals surface area contributed by atoms with Gasteiger partial charge in [-0.25, -0.2) is 0 Å². The molecule has 0 amide bonds. The molecule has 2 atom stereocenters. The SMILES string of the molecule is COc1ccccc1C1CC(NC2CCCCC2O)C1. The molecule has 0 heterocycles. The van der Waals surface area contributed by atoms with Crippen molar-refractivity contribution in [2.45, 2.75) is 62.6 Å². The van der Waals surface area contributed by atoms with Crippen LogP contribution in [0.3, 0.4) is 0 Å². The topological polar surface area (TPSA) is 41.5 Å². The lowest BCUT2D eigenvalue weighted by Gasteiger charge is -2.41. The van der Waals surface area contributed by atoms with Crippen LogP contribution in [0.4, 0.5) is 0 Å². The van der Waals surface area contributed by atoms with Gasteiger partial charge < -0.3 is 15.2 Å². The van der Waals surface area contributed by atoms with Gasteiger partial charge in [0.2, 0.25) is 0 Å². The Morgan fingerprint density at radius 1 is 1.15 bits per heavy atom. The first-order chi connectivity index (χ1) is 9.78. The first kappa shape index (κ1) is 13.9. The minimum atomic E-state index is -0.144. The molecule has 2 aliphatic carbocycles. The third-order valence-electron chi connectivity index (χ3n) is 4.90. The third kappa shape index (κ3) is 2.84. The minimum absolute atomic E-state index is 0.144. The molecule has 3 rings (SSSR count). The van der Waals surface area contributed by atoms with Crippen LogP contribution in [0.2, 0.25) is 0 Å². The maximum absolute atomic E-state index is 10.0. The van der Waals surface area contributed by atoms with Crippen molar-refractivity contribution in [1.29, 1.82) is 0 Å². The quantitative estimate of drug-likeness (QED) is 0.888. The van der Waals surface area contributed by atoms with Gasteiger partial charge in [0.25, 0.3) is 0 Å². The Morgan fingerprint density at radius 2 is 1.90 bits per heavy atom. The van der Waals surface area contributed by atoms with Crippen molar-refractivity contribution < 1.29 is 9.84 Å². The van der Waals surface area contributed by atoms with Crippen molar-refractivity contribution in [3.8, 4) is 5.75 Å². The van der Waals surface area contributed by atoms with Crippen molar-refractivity contribution in [2.75, 3.05) is 7.11 Å². The highest BCUT2D eigenvalue weighted by atomic mass is 16.5. The summed E-state index contributed by atoms with van der Waals surface area (Å²) in [6.07, 6.45) is 6.67. The molecule has 0 spiro atoms. The van der Waals surface area contributed by atoms with Crippen LogP contribution < -0.4 is 10.1 Å². The predicted molar refractivity (Wildman–Crippen MR) is 80.2 cm³/mol. The van der Waals surface area contributed by atoms with E-state index in [4.69, 9.17) is 4.74 Å². The second-order valence-corrected chi connectivity index (χ2v) is 6.23.